The van der Waals surface area contributed by atoms with Crippen LogP contribution >= 0.6 is 31.9 Å². The average Bonchev–Trinajstić information content (AvgIpc) is 2.60. The van der Waals surface area contributed by atoms with Gasteiger partial charge in [0.05, 0.1) is 22.3 Å². The maximum Gasteiger partial charge on any atom is 0.308 e. The van der Waals surface area contributed by atoms with E-state index in [-0.39, 0.29) is 16.4 Å². The molecular formula is C18H16Br2O4. The van der Waals surface area contributed by atoms with E-state index >= 15 is 0 Å². The van der Waals surface area contributed by atoms with E-state index in [0.29, 0.717) is 11.3 Å². The van der Waals surface area contributed by atoms with Crippen molar-refractivity contribution in [1.82, 2.24) is 0 Å². The zero-order valence-corrected chi connectivity index (χ0v) is 16.3. The number of carbonyl (C=O) groups excluding carboxylic acids is 2. The summed E-state index contributed by atoms with van der Waals surface area (Å²) in [5.74, 6) is -0.00190. The lowest BCUT2D eigenvalue weighted by Crippen LogP contribution is -2.20. The highest BCUT2D eigenvalue weighted by molar-refractivity contribution is 9.12. The van der Waals surface area contributed by atoms with Gasteiger partial charge < -0.3 is 9.47 Å². The molecule has 2 unspecified atom stereocenters. The monoisotopic (exact) mass is 454 g/mol. The van der Waals surface area contributed by atoms with Gasteiger partial charge in [0.25, 0.3) is 0 Å². The maximum absolute atomic E-state index is 12.9. The minimum absolute atomic E-state index is 0.184. The molecule has 0 bridgehead atoms. The van der Waals surface area contributed by atoms with Crippen LogP contribution in [0.1, 0.15) is 27.7 Å². The minimum atomic E-state index is -0.525. The van der Waals surface area contributed by atoms with Crippen LogP contribution in [-0.2, 0) is 4.79 Å². The fourth-order valence-corrected chi connectivity index (χ4v) is 3.26. The van der Waals surface area contributed by atoms with E-state index < -0.39 is 10.8 Å². The van der Waals surface area contributed by atoms with E-state index in [9.17, 15) is 9.59 Å². The fraction of sp³-hybridized carbons (Fsp3) is 0.222. The summed E-state index contributed by atoms with van der Waals surface area (Å²) in [6, 6.07) is 14.4. The van der Waals surface area contributed by atoms with Gasteiger partial charge in [0.15, 0.2) is 5.78 Å². The Bertz CT molecular complexity index is 731. The summed E-state index contributed by atoms with van der Waals surface area (Å²) in [5, 5.41) is 0. The van der Waals surface area contributed by atoms with Crippen LogP contribution in [0, 0.1) is 0 Å². The third-order valence-corrected chi connectivity index (χ3v) is 6.04. The lowest BCUT2D eigenvalue weighted by molar-refractivity contribution is -0.131. The summed E-state index contributed by atoms with van der Waals surface area (Å²) in [6.45, 7) is 1.29. The lowest BCUT2D eigenvalue weighted by atomic mass is 10.0. The molecule has 24 heavy (non-hydrogen) atoms. The molecule has 0 aliphatic carbocycles. The number of esters is 1. The smallest absolute Gasteiger partial charge is 0.308 e. The number of hydrogen-bond acceptors (Lipinski definition) is 4. The number of rotatable bonds is 6. The number of methoxy groups -OCH3 is 1. The normalized spacial score (nSPS) is 13.0. The summed E-state index contributed by atoms with van der Waals surface area (Å²) < 4.78 is 10.3. The SMILES string of the molecule is COc1ccc(C(=O)C(Br)C(Br)c2ccccc2)c(OC(C)=O)c1. The van der Waals surface area contributed by atoms with Gasteiger partial charge >= 0.3 is 5.97 Å². The first-order valence-electron chi connectivity index (χ1n) is 7.17. The molecule has 0 amide bonds. The molecule has 0 aliphatic rings. The molecule has 0 radical (unpaired) electrons. The Morgan fingerprint density at radius 2 is 1.71 bits per heavy atom. The van der Waals surface area contributed by atoms with Crippen LogP contribution in [0.15, 0.2) is 48.5 Å². The van der Waals surface area contributed by atoms with Crippen LogP contribution in [0.25, 0.3) is 0 Å². The summed E-state index contributed by atoms with van der Waals surface area (Å²) in [5.41, 5.74) is 1.28. The van der Waals surface area contributed by atoms with E-state index in [4.69, 9.17) is 9.47 Å². The van der Waals surface area contributed by atoms with Gasteiger partial charge in [0, 0.05) is 13.0 Å². The third kappa shape index (κ3) is 4.45. The van der Waals surface area contributed by atoms with Gasteiger partial charge in [-0.1, -0.05) is 62.2 Å². The molecule has 0 spiro atoms. The summed E-state index contributed by atoms with van der Waals surface area (Å²) in [4.78, 5) is 23.4. The molecule has 2 atom stereocenters. The number of carbonyl (C=O) groups is 2. The molecule has 0 saturated carbocycles. The van der Waals surface area contributed by atoms with Gasteiger partial charge in [-0.2, -0.15) is 0 Å². The molecule has 0 saturated heterocycles. The van der Waals surface area contributed by atoms with Crippen LogP contribution in [-0.4, -0.2) is 23.7 Å². The van der Waals surface area contributed by atoms with Crippen molar-refractivity contribution >= 4 is 43.6 Å². The number of ketones is 1. The quantitative estimate of drug-likeness (QED) is 0.274. The standard InChI is InChI=1S/C18H16Br2O4/c1-11(21)24-15-10-13(23-2)8-9-14(15)18(22)17(20)16(19)12-6-4-3-5-7-12/h3-10,16-17H,1-2H3. The van der Waals surface area contributed by atoms with E-state index in [0.717, 1.165) is 5.56 Å². The Hall–Kier alpha value is -1.66. The Balaban J connectivity index is 2.32. The van der Waals surface area contributed by atoms with E-state index in [1.165, 1.54) is 20.1 Å². The van der Waals surface area contributed by atoms with E-state index in [1.54, 1.807) is 12.1 Å². The van der Waals surface area contributed by atoms with Crippen LogP contribution < -0.4 is 9.47 Å². The molecule has 0 aliphatic heterocycles. The molecule has 126 valence electrons. The van der Waals surface area contributed by atoms with Crippen LogP contribution in [0.4, 0.5) is 0 Å². The Kier molecular flexibility index (Phi) is 6.57. The van der Waals surface area contributed by atoms with Gasteiger partial charge in [-0.05, 0) is 17.7 Å². The molecule has 2 aromatic carbocycles. The maximum atomic E-state index is 12.9. The van der Waals surface area contributed by atoms with Crippen molar-refractivity contribution in [2.75, 3.05) is 7.11 Å². The van der Waals surface area contributed by atoms with Crippen LogP contribution in [0.5, 0.6) is 11.5 Å². The Morgan fingerprint density at radius 1 is 1.04 bits per heavy atom. The van der Waals surface area contributed by atoms with Crippen molar-refractivity contribution in [2.45, 2.75) is 16.6 Å². The zero-order valence-electron chi connectivity index (χ0n) is 13.2. The highest BCUT2D eigenvalue weighted by atomic mass is 79.9. The Labute approximate surface area is 157 Å². The van der Waals surface area contributed by atoms with Crippen molar-refractivity contribution in [2.24, 2.45) is 0 Å². The average molecular weight is 456 g/mol. The van der Waals surface area contributed by atoms with E-state index in [2.05, 4.69) is 31.9 Å². The predicted octanol–water partition coefficient (Wildman–Crippen LogP) is 4.70. The summed E-state index contributed by atoms with van der Waals surface area (Å²) in [6.07, 6.45) is 0. The number of halogens is 2. The number of ether oxygens (including phenoxy) is 2. The van der Waals surface area contributed by atoms with Gasteiger partial charge in [-0.3, -0.25) is 9.59 Å². The predicted molar refractivity (Wildman–Crippen MR) is 99.5 cm³/mol. The molecule has 0 aromatic heterocycles. The molecule has 4 nitrogen and oxygen atoms in total. The highest BCUT2D eigenvalue weighted by Gasteiger charge is 2.28. The number of Topliss-reactive ketones (excluding diaryl/α,β-unsaturated/α-hetero) is 1. The summed E-state index contributed by atoms with van der Waals surface area (Å²) in [7, 11) is 1.51. The number of benzene rings is 2. The first-order valence-corrected chi connectivity index (χ1v) is 9.01. The minimum Gasteiger partial charge on any atom is -0.497 e. The van der Waals surface area contributed by atoms with Gasteiger partial charge in [-0.25, -0.2) is 0 Å². The van der Waals surface area contributed by atoms with Crippen molar-refractivity contribution in [3.8, 4) is 11.5 Å². The largest absolute Gasteiger partial charge is 0.497 e. The molecule has 2 aromatic rings. The van der Waals surface area contributed by atoms with Crippen molar-refractivity contribution < 1.29 is 19.1 Å². The second-order valence-corrected chi connectivity index (χ2v) is 7.01. The second kappa shape index (κ2) is 8.44. The van der Waals surface area contributed by atoms with Crippen LogP contribution in [0.3, 0.4) is 0 Å². The first kappa shape index (κ1) is 18.7. The molecule has 6 heteroatoms. The molecule has 0 N–H and O–H groups in total. The molecule has 0 heterocycles. The van der Waals surface area contributed by atoms with Crippen molar-refractivity contribution in [3.05, 3.63) is 59.7 Å². The Morgan fingerprint density at radius 3 is 2.29 bits per heavy atom. The van der Waals surface area contributed by atoms with Crippen LogP contribution in [0.2, 0.25) is 0 Å². The number of alkyl halides is 2. The highest BCUT2D eigenvalue weighted by Crippen LogP contribution is 2.35. The number of hydrogen-bond donors (Lipinski definition) is 0. The van der Waals surface area contributed by atoms with Gasteiger partial charge in [-0.15, -0.1) is 0 Å². The first-order chi connectivity index (χ1) is 11.4. The van der Waals surface area contributed by atoms with Crippen molar-refractivity contribution in [3.63, 3.8) is 0 Å². The van der Waals surface area contributed by atoms with Gasteiger partial charge in [0.1, 0.15) is 11.5 Å². The third-order valence-electron chi connectivity index (χ3n) is 3.33. The van der Waals surface area contributed by atoms with E-state index in [1.807, 2.05) is 30.3 Å². The zero-order chi connectivity index (χ0) is 17.7. The topological polar surface area (TPSA) is 52.6 Å². The van der Waals surface area contributed by atoms with Gasteiger partial charge in [0.2, 0.25) is 0 Å². The second-order valence-electron chi connectivity index (χ2n) is 5.03. The molecule has 0 fully saturated rings. The molecule has 2 rings (SSSR count). The summed E-state index contributed by atoms with van der Waals surface area (Å²) >= 11 is 7.00. The molecular weight excluding hydrogens is 440 g/mol. The van der Waals surface area contributed by atoms with Crippen molar-refractivity contribution in [1.29, 1.82) is 0 Å². The lowest BCUT2D eigenvalue weighted by Gasteiger charge is -2.18. The fourth-order valence-electron chi connectivity index (χ4n) is 2.16.